The molecule has 0 N–H and O–H groups in total. The van der Waals surface area contributed by atoms with Crippen LogP contribution in [0.15, 0.2) is 62.1 Å². The summed E-state index contributed by atoms with van der Waals surface area (Å²) in [5.41, 5.74) is 1.72. The zero-order chi connectivity index (χ0) is 22.0. The van der Waals surface area contributed by atoms with Crippen LogP contribution < -0.4 is 4.74 Å². The minimum absolute atomic E-state index is 0.0225. The van der Waals surface area contributed by atoms with E-state index >= 15 is 0 Å². The van der Waals surface area contributed by atoms with E-state index in [0.717, 1.165) is 5.57 Å². The highest BCUT2D eigenvalue weighted by atomic mass is 79.9. The fourth-order valence-electron chi connectivity index (χ4n) is 2.47. The number of nitro benzene ring substituents is 1. The zero-order valence-corrected chi connectivity index (χ0v) is 19.4. The molecule has 2 aromatic carbocycles. The zero-order valence-electron chi connectivity index (χ0n) is 15.4. The maximum absolute atomic E-state index is 12.2. The smallest absolute Gasteiger partial charge is 0.363 e. The number of nitro groups is 1. The molecule has 0 saturated carbocycles. The number of halogens is 3. The SMILES string of the molecule is C=C(C)COc1c(Br)cc(/C=C2\N=C(c3ccc([N+](=O)[O-])cc3Cl)OC2=O)cc1Br. The predicted molar refractivity (Wildman–Crippen MR) is 121 cm³/mol. The van der Waals surface area contributed by atoms with Gasteiger partial charge in [-0.25, -0.2) is 9.79 Å². The second-order valence-electron chi connectivity index (χ2n) is 6.32. The number of rotatable bonds is 6. The summed E-state index contributed by atoms with van der Waals surface area (Å²) in [5.74, 6) is -0.0732. The minimum Gasteiger partial charge on any atom is -0.487 e. The topological polar surface area (TPSA) is 91.0 Å². The summed E-state index contributed by atoms with van der Waals surface area (Å²) < 4.78 is 12.2. The Morgan fingerprint density at radius 2 is 2.00 bits per heavy atom. The number of aliphatic imine (C=N–C) groups is 1. The number of benzene rings is 2. The number of hydrogen-bond acceptors (Lipinski definition) is 6. The van der Waals surface area contributed by atoms with E-state index in [0.29, 0.717) is 26.9 Å². The Labute approximate surface area is 193 Å². The van der Waals surface area contributed by atoms with E-state index in [4.69, 9.17) is 21.1 Å². The summed E-state index contributed by atoms with van der Waals surface area (Å²) in [6.45, 7) is 6.03. The van der Waals surface area contributed by atoms with Crippen LogP contribution in [-0.2, 0) is 9.53 Å². The van der Waals surface area contributed by atoms with Crippen LogP contribution in [0.2, 0.25) is 5.02 Å². The average Bonchev–Trinajstić information content (AvgIpc) is 3.00. The van der Waals surface area contributed by atoms with Crippen LogP contribution in [0.3, 0.4) is 0 Å². The fraction of sp³-hybridized carbons (Fsp3) is 0.100. The Bertz CT molecular complexity index is 1120. The van der Waals surface area contributed by atoms with Gasteiger partial charge in [0.25, 0.3) is 5.69 Å². The molecule has 0 spiro atoms. The normalized spacial score (nSPS) is 14.5. The first-order valence-electron chi connectivity index (χ1n) is 8.39. The van der Waals surface area contributed by atoms with Gasteiger partial charge in [-0.3, -0.25) is 10.1 Å². The molecule has 0 aromatic heterocycles. The number of esters is 1. The van der Waals surface area contributed by atoms with Crippen LogP contribution in [0.5, 0.6) is 5.75 Å². The Morgan fingerprint density at radius 1 is 1.33 bits per heavy atom. The van der Waals surface area contributed by atoms with Gasteiger partial charge in [0.1, 0.15) is 12.4 Å². The van der Waals surface area contributed by atoms with Crippen LogP contribution >= 0.6 is 43.5 Å². The lowest BCUT2D eigenvalue weighted by Gasteiger charge is -2.11. The Morgan fingerprint density at radius 3 is 2.57 bits per heavy atom. The molecule has 7 nitrogen and oxygen atoms in total. The van der Waals surface area contributed by atoms with Crippen molar-refractivity contribution in [2.45, 2.75) is 6.92 Å². The molecule has 1 heterocycles. The van der Waals surface area contributed by atoms with Crippen molar-refractivity contribution < 1.29 is 19.2 Å². The van der Waals surface area contributed by atoms with E-state index in [1.54, 1.807) is 18.2 Å². The molecular formula is C20H13Br2ClN2O5. The van der Waals surface area contributed by atoms with Crippen molar-refractivity contribution in [2.75, 3.05) is 6.61 Å². The van der Waals surface area contributed by atoms with E-state index in [2.05, 4.69) is 43.4 Å². The predicted octanol–water partition coefficient (Wildman–Crippen LogP) is 6.07. The summed E-state index contributed by atoms with van der Waals surface area (Å²) in [6, 6.07) is 7.36. The molecule has 1 aliphatic rings. The number of non-ortho nitro benzene ring substituents is 1. The van der Waals surface area contributed by atoms with Crippen LogP contribution in [0.4, 0.5) is 5.69 Å². The molecule has 0 atom stereocenters. The van der Waals surface area contributed by atoms with Gasteiger partial charge in [0.2, 0.25) is 5.90 Å². The van der Waals surface area contributed by atoms with Gasteiger partial charge in [0.05, 0.1) is 24.5 Å². The van der Waals surface area contributed by atoms with Gasteiger partial charge in [-0.15, -0.1) is 0 Å². The van der Waals surface area contributed by atoms with Gasteiger partial charge in [0, 0.05) is 12.1 Å². The lowest BCUT2D eigenvalue weighted by atomic mass is 10.2. The molecule has 154 valence electrons. The third-order valence-electron chi connectivity index (χ3n) is 3.80. The number of nitrogens with zero attached hydrogens (tertiary/aromatic N) is 2. The van der Waals surface area contributed by atoms with Crippen molar-refractivity contribution >= 4 is 67.1 Å². The molecule has 1 aliphatic heterocycles. The van der Waals surface area contributed by atoms with Crippen LogP contribution in [0, 0.1) is 10.1 Å². The van der Waals surface area contributed by atoms with Gasteiger partial charge in [-0.1, -0.05) is 18.2 Å². The molecule has 0 bridgehead atoms. The number of ether oxygens (including phenoxy) is 2. The van der Waals surface area contributed by atoms with Crippen molar-refractivity contribution in [2.24, 2.45) is 4.99 Å². The van der Waals surface area contributed by atoms with Crippen molar-refractivity contribution in [1.29, 1.82) is 0 Å². The largest absolute Gasteiger partial charge is 0.487 e. The van der Waals surface area contributed by atoms with E-state index in [1.165, 1.54) is 18.2 Å². The molecule has 0 amide bonds. The molecular weight excluding hydrogens is 543 g/mol. The third kappa shape index (κ3) is 4.97. The highest BCUT2D eigenvalue weighted by molar-refractivity contribution is 9.11. The van der Waals surface area contributed by atoms with Gasteiger partial charge in [-0.05, 0) is 74.2 Å². The first-order chi connectivity index (χ1) is 14.2. The molecule has 3 rings (SSSR count). The maximum Gasteiger partial charge on any atom is 0.363 e. The maximum atomic E-state index is 12.2. The van der Waals surface area contributed by atoms with Gasteiger partial charge < -0.3 is 9.47 Å². The number of carbonyl (C=O) groups excluding carboxylic acids is 1. The van der Waals surface area contributed by atoms with Crippen molar-refractivity contribution in [1.82, 2.24) is 0 Å². The number of hydrogen-bond donors (Lipinski definition) is 0. The minimum atomic E-state index is -0.658. The Hall–Kier alpha value is -2.49. The highest BCUT2D eigenvalue weighted by Crippen LogP contribution is 2.36. The molecule has 10 heteroatoms. The summed E-state index contributed by atoms with van der Waals surface area (Å²) >= 11 is 13.0. The van der Waals surface area contributed by atoms with Crippen molar-refractivity contribution in [3.05, 3.63) is 83.4 Å². The van der Waals surface area contributed by atoms with Crippen LogP contribution in [0.1, 0.15) is 18.1 Å². The third-order valence-corrected chi connectivity index (χ3v) is 5.29. The second kappa shape index (κ2) is 9.11. The van der Waals surface area contributed by atoms with E-state index < -0.39 is 10.9 Å². The Kier molecular flexibility index (Phi) is 6.74. The van der Waals surface area contributed by atoms with Crippen LogP contribution in [0.25, 0.3) is 6.08 Å². The van der Waals surface area contributed by atoms with Gasteiger partial charge in [-0.2, -0.15) is 0 Å². The quantitative estimate of drug-likeness (QED) is 0.142. The monoisotopic (exact) mass is 554 g/mol. The van der Waals surface area contributed by atoms with Crippen LogP contribution in [-0.4, -0.2) is 23.4 Å². The molecule has 0 fully saturated rings. The van der Waals surface area contributed by atoms with E-state index in [-0.39, 0.29) is 27.9 Å². The molecule has 0 radical (unpaired) electrons. The average molecular weight is 557 g/mol. The lowest BCUT2D eigenvalue weighted by Crippen LogP contribution is -2.06. The molecule has 30 heavy (non-hydrogen) atoms. The number of carbonyl (C=O) groups is 1. The second-order valence-corrected chi connectivity index (χ2v) is 8.43. The molecule has 2 aromatic rings. The van der Waals surface area contributed by atoms with Gasteiger partial charge >= 0.3 is 5.97 Å². The standard InChI is InChI=1S/C20H13Br2ClN2O5/c1-10(2)9-29-18-14(21)5-11(6-15(18)22)7-17-20(26)30-19(24-17)13-4-3-12(25(27)28)8-16(13)23/h3-8H,1,9H2,2H3/b17-7-. The first kappa shape index (κ1) is 22.2. The molecule has 0 saturated heterocycles. The summed E-state index contributed by atoms with van der Waals surface area (Å²) in [6.07, 6.45) is 1.55. The summed E-state index contributed by atoms with van der Waals surface area (Å²) in [4.78, 5) is 26.7. The van der Waals surface area contributed by atoms with E-state index in [1.807, 2.05) is 6.92 Å². The first-order valence-corrected chi connectivity index (χ1v) is 10.3. The van der Waals surface area contributed by atoms with Crippen molar-refractivity contribution in [3.8, 4) is 5.75 Å². The number of cyclic esters (lactones) is 1. The summed E-state index contributed by atoms with van der Waals surface area (Å²) in [7, 11) is 0. The lowest BCUT2D eigenvalue weighted by molar-refractivity contribution is -0.384. The summed E-state index contributed by atoms with van der Waals surface area (Å²) in [5, 5.41) is 10.9. The van der Waals surface area contributed by atoms with Gasteiger partial charge in [0.15, 0.2) is 5.70 Å². The van der Waals surface area contributed by atoms with E-state index in [9.17, 15) is 14.9 Å². The highest BCUT2D eigenvalue weighted by Gasteiger charge is 2.26. The molecule has 0 aliphatic carbocycles. The Balaban J connectivity index is 1.91. The fourth-order valence-corrected chi connectivity index (χ4v) is 4.18. The van der Waals surface area contributed by atoms with Crippen molar-refractivity contribution in [3.63, 3.8) is 0 Å². The molecule has 0 unspecified atom stereocenters.